The van der Waals surface area contributed by atoms with Crippen molar-refractivity contribution < 1.29 is 0 Å². The first-order chi connectivity index (χ1) is 12.2. The highest BCUT2D eigenvalue weighted by Crippen LogP contribution is 2.23. The molecule has 25 heavy (non-hydrogen) atoms. The summed E-state index contributed by atoms with van der Waals surface area (Å²) in [5, 5.41) is 13.2. The second kappa shape index (κ2) is 6.61. The quantitative estimate of drug-likeness (QED) is 0.700. The Balaban J connectivity index is 1.46. The lowest BCUT2D eigenvalue weighted by atomic mass is 10.2. The molecule has 1 aliphatic heterocycles. The van der Waals surface area contributed by atoms with Crippen LogP contribution in [0.15, 0.2) is 18.6 Å². The molecule has 1 saturated heterocycles. The van der Waals surface area contributed by atoms with Crippen LogP contribution in [0, 0.1) is 0 Å². The van der Waals surface area contributed by atoms with Crippen molar-refractivity contribution in [2.24, 2.45) is 7.05 Å². The Hall–Kier alpha value is -2.19. The first-order valence-corrected chi connectivity index (χ1v) is 8.87. The van der Waals surface area contributed by atoms with Gasteiger partial charge in [-0.1, -0.05) is 18.5 Å². The maximum Gasteiger partial charge on any atom is 0.256 e. The highest BCUT2D eigenvalue weighted by atomic mass is 35.5. The Morgan fingerprint density at radius 2 is 2.00 bits per heavy atom. The van der Waals surface area contributed by atoms with Gasteiger partial charge >= 0.3 is 0 Å². The van der Waals surface area contributed by atoms with Gasteiger partial charge in [0.1, 0.15) is 17.3 Å². The van der Waals surface area contributed by atoms with Crippen molar-refractivity contribution in [1.29, 1.82) is 0 Å². The number of halogens is 1. The molecule has 0 aliphatic carbocycles. The zero-order chi connectivity index (χ0) is 17.4. The molecule has 8 nitrogen and oxygen atoms in total. The van der Waals surface area contributed by atoms with Gasteiger partial charge in [-0.2, -0.15) is 5.10 Å². The van der Waals surface area contributed by atoms with Gasteiger partial charge < -0.3 is 4.90 Å². The number of rotatable bonds is 4. The SMILES string of the molecule is CCc1nn(C)c(Cl)c1CN1CCN(c2ccnc3nncn23)CC1. The number of piperazine rings is 1. The van der Waals surface area contributed by atoms with E-state index in [1.807, 2.05) is 17.5 Å². The average Bonchev–Trinajstić information content (AvgIpc) is 3.22. The van der Waals surface area contributed by atoms with Gasteiger partial charge in [0.15, 0.2) is 0 Å². The second-order valence-corrected chi connectivity index (χ2v) is 6.62. The molecule has 0 N–H and O–H groups in total. The van der Waals surface area contributed by atoms with E-state index in [0.29, 0.717) is 5.78 Å². The molecule has 0 spiro atoms. The molecule has 0 unspecified atom stereocenters. The van der Waals surface area contributed by atoms with Crippen LogP contribution in [-0.2, 0) is 20.0 Å². The van der Waals surface area contributed by atoms with Gasteiger partial charge in [0.25, 0.3) is 5.78 Å². The largest absolute Gasteiger partial charge is 0.355 e. The van der Waals surface area contributed by atoms with Gasteiger partial charge in [0.2, 0.25) is 0 Å². The standard InChI is InChI=1S/C16H21ClN8/c1-3-13-12(15(17)22(2)21-13)10-23-6-8-24(9-7-23)14-4-5-18-16-20-19-11-25(14)16/h4-5,11H,3,6-10H2,1-2H3. The van der Waals surface area contributed by atoms with E-state index in [9.17, 15) is 0 Å². The molecule has 1 fully saturated rings. The van der Waals surface area contributed by atoms with Gasteiger partial charge in [0.05, 0.1) is 5.69 Å². The van der Waals surface area contributed by atoms with Crippen LogP contribution in [0.25, 0.3) is 5.78 Å². The first kappa shape index (κ1) is 16.3. The normalized spacial score (nSPS) is 16.0. The molecule has 0 radical (unpaired) electrons. The molecule has 0 atom stereocenters. The summed E-state index contributed by atoms with van der Waals surface area (Å²) < 4.78 is 3.70. The molecule has 4 heterocycles. The minimum atomic E-state index is 0.634. The smallest absolute Gasteiger partial charge is 0.256 e. The molecular weight excluding hydrogens is 340 g/mol. The van der Waals surface area contributed by atoms with Crippen molar-refractivity contribution in [3.8, 4) is 0 Å². The van der Waals surface area contributed by atoms with E-state index in [1.54, 1.807) is 17.2 Å². The zero-order valence-electron chi connectivity index (χ0n) is 14.4. The Morgan fingerprint density at radius 3 is 2.76 bits per heavy atom. The summed E-state index contributed by atoms with van der Waals surface area (Å²) in [6.45, 7) is 6.80. The maximum atomic E-state index is 6.43. The molecule has 132 valence electrons. The highest BCUT2D eigenvalue weighted by Gasteiger charge is 2.22. The summed E-state index contributed by atoms with van der Waals surface area (Å²) in [4.78, 5) is 9.01. The predicted octanol–water partition coefficient (Wildman–Crippen LogP) is 1.40. The van der Waals surface area contributed by atoms with Crippen LogP contribution in [0.5, 0.6) is 0 Å². The van der Waals surface area contributed by atoms with Crippen molar-refractivity contribution in [2.75, 3.05) is 31.1 Å². The summed E-state index contributed by atoms with van der Waals surface area (Å²) >= 11 is 6.43. The van der Waals surface area contributed by atoms with Crippen LogP contribution in [0.1, 0.15) is 18.2 Å². The third-order valence-electron chi connectivity index (χ3n) is 4.76. The predicted molar refractivity (Wildman–Crippen MR) is 95.9 cm³/mol. The lowest BCUT2D eigenvalue weighted by Gasteiger charge is -2.36. The average molecular weight is 361 g/mol. The molecular formula is C16H21ClN8. The monoisotopic (exact) mass is 360 g/mol. The molecule has 3 aromatic heterocycles. The summed E-state index contributed by atoms with van der Waals surface area (Å²) in [6, 6.07) is 2.01. The van der Waals surface area contributed by atoms with Crippen LogP contribution >= 0.6 is 11.6 Å². The van der Waals surface area contributed by atoms with Crippen molar-refractivity contribution in [3.05, 3.63) is 35.0 Å². The fourth-order valence-corrected chi connectivity index (χ4v) is 3.59. The summed E-state index contributed by atoms with van der Waals surface area (Å²) in [5.74, 6) is 1.72. The number of nitrogens with zero attached hydrogens (tertiary/aromatic N) is 8. The lowest BCUT2D eigenvalue weighted by Crippen LogP contribution is -2.46. The Morgan fingerprint density at radius 1 is 1.20 bits per heavy atom. The van der Waals surface area contributed by atoms with E-state index in [0.717, 1.165) is 61.4 Å². The molecule has 3 aromatic rings. The van der Waals surface area contributed by atoms with Crippen LogP contribution in [0.2, 0.25) is 5.15 Å². The van der Waals surface area contributed by atoms with Gasteiger partial charge in [-0.05, 0) is 12.5 Å². The Kier molecular flexibility index (Phi) is 4.30. The van der Waals surface area contributed by atoms with Crippen LogP contribution in [0.3, 0.4) is 0 Å². The fourth-order valence-electron chi connectivity index (χ4n) is 3.39. The third kappa shape index (κ3) is 2.96. The fraction of sp³-hybridized carbons (Fsp3) is 0.500. The number of aromatic nitrogens is 6. The summed E-state index contributed by atoms with van der Waals surface area (Å²) in [6.07, 6.45) is 4.40. The molecule has 1 aliphatic rings. The topological polar surface area (TPSA) is 67.4 Å². The molecule has 0 saturated carbocycles. The number of hydrogen-bond donors (Lipinski definition) is 0. The van der Waals surface area contributed by atoms with E-state index < -0.39 is 0 Å². The third-order valence-corrected chi connectivity index (χ3v) is 5.23. The van der Waals surface area contributed by atoms with Crippen LogP contribution in [0.4, 0.5) is 5.82 Å². The van der Waals surface area contributed by atoms with Crippen molar-refractivity contribution in [2.45, 2.75) is 19.9 Å². The van der Waals surface area contributed by atoms with Crippen LogP contribution in [-0.4, -0.2) is 60.4 Å². The molecule has 0 bridgehead atoms. The Bertz CT molecular complexity index is 878. The maximum absolute atomic E-state index is 6.43. The number of hydrogen-bond acceptors (Lipinski definition) is 6. The highest BCUT2D eigenvalue weighted by molar-refractivity contribution is 6.30. The number of aryl methyl sites for hydroxylation is 2. The lowest BCUT2D eigenvalue weighted by molar-refractivity contribution is 0.248. The van der Waals surface area contributed by atoms with E-state index in [2.05, 4.69) is 37.0 Å². The summed E-state index contributed by atoms with van der Waals surface area (Å²) in [5.41, 5.74) is 2.25. The van der Waals surface area contributed by atoms with Gasteiger partial charge in [0, 0.05) is 51.5 Å². The second-order valence-electron chi connectivity index (χ2n) is 6.26. The van der Waals surface area contributed by atoms with Gasteiger partial charge in [-0.15, -0.1) is 10.2 Å². The molecule has 9 heteroatoms. The van der Waals surface area contributed by atoms with E-state index in [1.165, 1.54) is 0 Å². The Labute approximate surface area is 151 Å². The van der Waals surface area contributed by atoms with E-state index in [-0.39, 0.29) is 0 Å². The minimum Gasteiger partial charge on any atom is -0.355 e. The van der Waals surface area contributed by atoms with Crippen molar-refractivity contribution >= 4 is 23.2 Å². The van der Waals surface area contributed by atoms with Gasteiger partial charge in [-0.25, -0.2) is 4.98 Å². The number of anilines is 1. The van der Waals surface area contributed by atoms with Crippen LogP contribution < -0.4 is 4.90 Å². The summed E-state index contributed by atoms with van der Waals surface area (Å²) in [7, 11) is 1.90. The molecule has 0 aromatic carbocycles. The zero-order valence-corrected chi connectivity index (χ0v) is 15.2. The van der Waals surface area contributed by atoms with E-state index in [4.69, 9.17) is 11.6 Å². The molecule has 0 amide bonds. The number of fused-ring (bicyclic) bond motifs is 1. The molecule has 4 rings (SSSR count). The minimum absolute atomic E-state index is 0.634. The first-order valence-electron chi connectivity index (χ1n) is 8.49. The van der Waals surface area contributed by atoms with Crippen molar-refractivity contribution in [3.63, 3.8) is 0 Å². The van der Waals surface area contributed by atoms with Crippen molar-refractivity contribution in [1.82, 2.24) is 34.3 Å². The van der Waals surface area contributed by atoms with Gasteiger partial charge in [-0.3, -0.25) is 14.0 Å². The van der Waals surface area contributed by atoms with E-state index >= 15 is 0 Å².